The van der Waals surface area contributed by atoms with Gasteiger partial charge in [0.2, 0.25) is 0 Å². The SMILES string of the molecule is C[C@H](O)c1ccccc1OCCN(C)C. The Hall–Kier alpha value is -1.06. The molecule has 84 valence electrons. The summed E-state index contributed by atoms with van der Waals surface area (Å²) in [6.07, 6.45) is -0.486. The zero-order valence-electron chi connectivity index (χ0n) is 9.60. The lowest BCUT2D eigenvalue weighted by molar-refractivity contribution is 0.188. The first-order chi connectivity index (χ1) is 7.11. The molecule has 1 aromatic rings. The first-order valence-electron chi connectivity index (χ1n) is 5.16. The van der Waals surface area contributed by atoms with E-state index in [-0.39, 0.29) is 0 Å². The molecule has 0 aliphatic heterocycles. The van der Waals surface area contributed by atoms with Crippen molar-refractivity contribution >= 4 is 0 Å². The van der Waals surface area contributed by atoms with E-state index in [9.17, 15) is 5.11 Å². The third-order valence-electron chi connectivity index (χ3n) is 2.17. The largest absolute Gasteiger partial charge is 0.492 e. The Morgan fingerprint density at radius 1 is 1.33 bits per heavy atom. The number of ether oxygens (including phenoxy) is 1. The van der Waals surface area contributed by atoms with E-state index in [4.69, 9.17) is 4.74 Å². The number of likely N-dealkylation sites (N-methyl/N-ethyl adjacent to an activating group) is 1. The average Bonchev–Trinajstić information content (AvgIpc) is 2.17. The fourth-order valence-corrected chi connectivity index (χ4v) is 1.30. The number of aliphatic hydroxyl groups excluding tert-OH is 1. The van der Waals surface area contributed by atoms with Crippen molar-refractivity contribution in [2.45, 2.75) is 13.0 Å². The second kappa shape index (κ2) is 5.73. The summed E-state index contributed by atoms with van der Waals surface area (Å²) in [5.41, 5.74) is 0.844. The van der Waals surface area contributed by atoms with Crippen LogP contribution >= 0.6 is 0 Å². The molecule has 1 aromatic carbocycles. The molecule has 0 aliphatic carbocycles. The number of para-hydroxylation sites is 1. The van der Waals surface area contributed by atoms with E-state index in [0.717, 1.165) is 17.9 Å². The third kappa shape index (κ3) is 3.90. The van der Waals surface area contributed by atoms with Crippen LogP contribution in [0, 0.1) is 0 Å². The Balaban J connectivity index is 2.59. The molecule has 0 spiro atoms. The van der Waals surface area contributed by atoms with E-state index in [1.807, 2.05) is 38.4 Å². The van der Waals surface area contributed by atoms with Crippen LogP contribution in [0.4, 0.5) is 0 Å². The van der Waals surface area contributed by atoms with Crippen molar-refractivity contribution in [2.75, 3.05) is 27.2 Å². The second-order valence-electron chi connectivity index (χ2n) is 3.87. The number of nitrogens with zero attached hydrogens (tertiary/aromatic N) is 1. The molecule has 1 atom stereocenters. The molecule has 0 saturated carbocycles. The lowest BCUT2D eigenvalue weighted by atomic mass is 10.1. The maximum Gasteiger partial charge on any atom is 0.125 e. The van der Waals surface area contributed by atoms with E-state index in [2.05, 4.69) is 4.90 Å². The predicted molar refractivity (Wildman–Crippen MR) is 61.1 cm³/mol. The van der Waals surface area contributed by atoms with E-state index < -0.39 is 6.10 Å². The Labute approximate surface area is 91.3 Å². The van der Waals surface area contributed by atoms with Crippen LogP contribution < -0.4 is 4.74 Å². The fourth-order valence-electron chi connectivity index (χ4n) is 1.30. The van der Waals surface area contributed by atoms with Crippen molar-refractivity contribution in [3.8, 4) is 5.75 Å². The summed E-state index contributed by atoms with van der Waals surface area (Å²) in [6.45, 7) is 3.25. The summed E-state index contributed by atoms with van der Waals surface area (Å²) in [4.78, 5) is 2.06. The number of benzene rings is 1. The highest BCUT2D eigenvalue weighted by Gasteiger charge is 2.07. The number of hydrogen-bond donors (Lipinski definition) is 1. The van der Waals surface area contributed by atoms with Gasteiger partial charge in [0.15, 0.2) is 0 Å². The van der Waals surface area contributed by atoms with Gasteiger partial charge in [0.25, 0.3) is 0 Å². The van der Waals surface area contributed by atoms with Gasteiger partial charge in [-0.3, -0.25) is 0 Å². The predicted octanol–water partition coefficient (Wildman–Crippen LogP) is 1.68. The molecule has 0 radical (unpaired) electrons. The van der Waals surface area contributed by atoms with E-state index in [1.54, 1.807) is 6.92 Å². The summed E-state index contributed by atoms with van der Waals surface area (Å²) in [5, 5.41) is 9.52. The van der Waals surface area contributed by atoms with E-state index in [0.29, 0.717) is 6.61 Å². The quantitative estimate of drug-likeness (QED) is 0.801. The van der Waals surface area contributed by atoms with Crippen LogP contribution in [0.3, 0.4) is 0 Å². The van der Waals surface area contributed by atoms with Gasteiger partial charge in [-0.2, -0.15) is 0 Å². The number of hydrogen-bond acceptors (Lipinski definition) is 3. The first-order valence-corrected chi connectivity index (χ1v) is 5.16. The first kappa shape index (κ1) is 12.0. The van der Waals surface area contributed by atoms with Crippen molar-refractivity contribution < 1.29 is 9.84 Å². The molecule has 1 N–H and O–H groups in total. The molecule has 0 saturated heterocycles. The zero-order chi connectivity index (χ0) is 11.3. The minimum Gasteiger partial charge on any atom is -0.492 e. The molecule has 3 heteroatoms. The normalized spacial score (nSPS) is 12.9. The van der Waals surface area contributed by atoms with Gasteiger partial charge >= 0.3 is 0 Å². The van der Waals surface area contributed by atoms with Gasteiger partial charge in [0, 0.05) is 12.1 Å². The summed E-state index contributed by atoms with van der Waals surface area (Å²) in [7, 11) is 4.01. The number of rotatable bonds is 5. The van der Waals surface area contributed by atoms with Crippen LogP contribution in [0.1, 0.15) is 18.6 Å². The van der Waals surface area contributed by atoms with Crippen molar-refractivity contribution in [1.29, 1.82) is 0 Å². The average molecular weight is 209 g/mol. The van der Waals surface area contributed by atoms with Crippen molar-refractivity contribution in [3.63, 3.8) is 0 Å². The Kier molecular flexibility index (Phi) is 4.59. The van der Waals surface area contributed by atoms with Crippen LogP contribution in [0.2, 0.25) is 0 Å². The molecule has 0 unspecified atom stereocenters. The number of aliphatic hydroxyl groups is 1. The molecule has 1 rings (SSSR count). The van der Waals surface area contributed by atoms with Crippen LogP contribution in [-0.4, -0.2) is 37.3 Å². The van der Waals surface area contributed by atoms with Crippen molar-refractivity contribution in [2.24, 2.45) is 0 Å². The van der Waals surface area contributed by atoms with Crippen molar-refractivity contribution in [3.05, 3.63) is 29.8 Å². The molecule has 0 amide bonds. The van der Waals surface area contributed by atoms with Crippen LogP contribution in [-0.2, 0) is 0 Å². The van der Waals surface area contributed by atoms with Gasteiger partial charge in [-0.25, -0.2) is 0 Å². The topological polar surface area (TPSA) is 32.7 Å². The molecule has 0 fully saturated rings. The van der Waals surface area contributed by atoms with Crippen LogP contribution in [0.15, 0.2) is 24.3 Å². The molecular weight excluding hydrogens is 190 g/mol. The van der Waals surface area contributed by atoms with Crippen LogP contribution in [0.5, 0.6) is 5.75 Å². The maximum atomic E-state index is 9.52. The van der Waals surface area contributed by atoms with Gasteiger partial charge in [-0.15, -0.1) is 0 Å². The van der Waals surface area contributed by atoms with Gasteiger partial charge in [-0.1, -0.05) is 18.2 Å². The van der Waals surface area contributed by atoms with Crippen LogP contribution in [0.25, 0.3) is 0 Å². The van der Waals surface area contributed by atoms with Gasteiger partial charge in [0.05, 0.1) is 6.10 Å². The van der Waals surface area contributed by atoms with E-state index >= 15 is 0 Å². The Morgan fingerprint density at radius 2 is 2.00 bits per heavy atom. The summed E-state index contributed by atoms with van der Waals surface area (Å²) >= 11 is 0. The van der Waals surface area contributed by atoms with Gasteiger partial charge in [-0.05, 0) is 27.1 Å². The molecule has 15 heavy (non-hydrogen) atoms. The molecule has 0 aromatic heterocycles. The third-order valence-corrected chi connectivity index (χ3v) is 2.17. The van der Waals surface area contributed by atoms with E-state index in [1.165, 1.54) is 0 Å². The zero-order valence-corrected chi connectivity index (χ0v) is 9.60. The molecule has 3 nitrogen and oxygen atoms in total. The van der Waals surface area contributed by atoms with Crippen molar-refractivity contribution in [1.82, 2.24) is 4.90 Å². The molecule has 0 aliphatic rings. The Morgan fingerprint density at radius 3 is 2.60 bits per heavy atom. The smallest absolute Gasteiger partial charge is 0.125 e. The summed E-state index contributed by atoms with van der Waals surface area (Å²) in [5.74, 6) is 0.773. The molecular formula is C12H19NO2. The maximum absolute atomic E-state index is 9.52. The van der Waals surface area contributed by atoms with Gasteiger partial charge in [0.1, 0.15) is 12.4 Å². The van der Waals surface area contributed by atoms with Gasteiger partial charge < -0.3 is 14.7 Å². The second-order valence-corrected chi connectivity index (χ2v) is 3.87. The lowest BCUT2D eigenvalue weighted by Crippen LogP contribution is -2.19. The lowest BCUT2D eigenvalue weighted by Gasteiger charge is -2.15. The molecule has 0 heterocycles. The fraction of sp³-hybridized carbons (Fsp3) is 0.500. The summed E-state index contributed by atoms with van der Waals surface area (Å²) in [6, 6.07) is 7.59. The monoisotopic (exact) mass is 209 g/mol. The summed E-state index contributed by atoms with van der Waals surface area (Å²) < 4.78 is 5.61. The minimum absolute atomic E-state index is 0.486. The Bertz CT molecular complexity index is 297. The standard InChI is InChI=1S/C12H19NO2/c1-10(14)11-6-4-5-7-12(11)15-9-8-13(2)3/h4-7,10,14H,8-9H2,1-3H3/t10-/m0/s1. The molecule has 0 bridgehead atoms. The highest BCUT2D eigenvalue weighted by atomic mass is 16.5. The minimum atomic E-state index is -0.486. The highest BCUT2D eigenvalue weighted by molar-refractivity contribution is 5.34. The highest BCUT2D eigenvalue weighted by Crippen LogP contribution is 2.24.